The van der Waals surface area contributed by atoms with Gasteiger partial charge in [-0.25, -0.2) is 0 Å². The van der Waals surface area contributed by atoms with Crippen molar-refractivity contribution in [3.05, 3.63) is 83.3 Å². The summed E-state index contributed by atoms with van der Waals surface area (Å²) in [5.74, 6) is 2.33. The fourth-order valence-electron chi connectivity index (χ4n) is 3.38. The minimum atomic E-state index is -0.277. The molecule has 1 aliphatic rings. The lowest BCUT2D eigenvalue weighted by Crippen LogP contribution is -2.36. The normalized spacial score (nSPS) is 13.1. The summed E-state index contributed by atoms with van der Waals surface area (Å²) >= 11 is 0. The van der Waals surface area contributed by atoms with E-state index in [2.05, 4.69) is 46.1 Å². The molecule has 0 atom stereocenters. The van der Waals surface area contributed by atoms with Crippen LogP contribution in [0.1, 0.15) is 40.1 Å². The molecule has 7 nitrogen and oxygen atoms in total. The topological polar surface area (TPSA) is 87.9 Å². The number of benzene rings is 2. The highest BCUT2D eigenvalue weighted by Crippen LogP contribution is 2.30. The Morgan fingerprint density at radius 1 is 1.09 bits per heavy atom. The molecule has 8 heteroatoms. The van der Waals surface area contributed by atoms with Gasteiger partial charge in [-0.1, -0.05) is 24.3 Å². The van der Waals surface area contributed by atoms with Crippen LogP contribution in [0.4, 0.5) is 5.69 Å². The lowest BCUT2D eigenvalue weighted by molar-refractivity contribution is 0.0996. The van der Waals surface area contributed by atoms with E-state index >= 15 is 0 Å². The number of nitrogens with zero attached hydrogens (tertiary/aromatic N) is 1. The molecule has 3 aromatic rings. The van der Waals surface area contributed by atoms with Crippen LogP contribution in [0.3, 0.4) is 0 Å². The molecule has 0 spiro atoms. The van der Waals surface area contributed by atoms with Gasteiger partial charge in [-0.15, -0.1) is 24.0 Å². The highest BCUT2D eigenvalue weighted by Gasteiger charge is 2.22. The number of furan rings is 1. The number of carbonyl (C=O) groups excluding carboxylic acids is 1. The van der Waals surface area contributed by atoms with Crippen LogP contribution in [-0.4, -0.2) is 25.5 Å². The first-order valence-electron chi connectivity index (χ1n) is 11.2. The molecule has 1 fully saturated rings. The first kappa shape index (κ1) is 25.6. The predicted molar refractivity (Wildman–Crippen MR) is 145 cm³/mol. The number of ether oxygens (including phenoxy) is 1. The van der Waals surface area contributed by atoms with Gasteiger partial charge in [0.2, 0.25) is 0 Å². The zero-order valence-electron chi connectivity index (χ0n) is 19.5. The maximum Gasteiger partial charge on any atom is 0.291 e. The molecule has 180 valence electrons. The third kappa shape index (κ3) is 7.51. The predicted octanol–water partition coefficient (Wildman–Crippen LogP) is 5.11. The first-order chi connectivity index (χ1) is 16.1. The van der Waals surface area contributed by atoms with Crippen LogP contribution in [0.5, 0.6) is 5.75 Å². The van der Waals surface area contributed by atoms with Gasteiger partial charge in [-0.3, -0.25) is 9.79 Å². The summed E-state index contributed by atoms with van der Waals surface area (Å²) in [6.45, 7) is 4.03. The number of aryl methyl sites for hydroxylation is 1. The molecule has 0 radical (unpaired) electrons. The molecule has 34 heavy (non-hydrogen) atoms. The molecule has 2 aromatic carbocycles. The van der Waals surface area contributed by atoms with Crippen molar-refractivity contribution < 1.29 is 13.9 Å². The summed E-state index contributed by atoms with van der Waals surface area (Å²) < 4.78 is 11.2. The SMILES string of the molecule is CN=C(NCc1cccc(NC(=O)c2ccco2)c1)NCc1ccc(C)cc1OCC1CC1.I. The number of halogens is 1. The van der Waals surface area contributed by atoms with Gasteiger partial charge in [0.25, 0.3) is 5.91 Å². The number of aliphatic imine (C=N–C) groups is 1. The van der Waals surface area contributed by atoms with E-state index in [1.807, 2.05) is 24.3 Å². The van der Waals surface area contributed by atoms with Crippen LogP contribution in [0.25, 0.3) is 0 Å². The van der Waals surface area contributed by atoms with Crippen molar-refractivity contribution in [2.75, 3.05) is 19.0 Å². The summed E-state index contributed by atoms with van der Waals surface area (Å²) in [6, 6.07) is 17.3. The molecule has 0 unspecified atom stereocenters. The molecular weight excluding hydrogens is 543 g/mol. The zero-order valence-corrected chi connectivity index (χ0v) is 21.8. The third-order valence-corrected chi connectivity index (χ3v) is 5.45. The molecule has 4 rings (SSSR count). The number of hydrogen-bond donors (Lipinski definition) is 3. The van der Waals surface area contributed by atoms with Gasteiger partial charge in [0.15, 0.2) is 11.7 Å². The van der Waals surface area contributed by atoms with E-state index in [9.17, 15) is 4.79 Å². The standard InChI is InChI=1S/C26H30N4O3.HI/c1-18-8-11-21(24(13-18)33-17-19-9-10-19)16-29-26(27-2)28-15-20-5-3-6-22(14-20)30-25(31)23-7-4-12-32-23;/h3-8,11-14,19H,9-10,15-17H2,1-2H3,(H,30,31)(H2,27,28,29);1H. The van der Waals surface area contributed by atoms with Crippen molar-refractivity contribution in [1.29, 1.82) is 0 Å². The van der Waals surface area contributed by atoms with Crippen LogP contribution < -0.4 is 20.7 Å². The van der Waals surface area contributed by atoms with Crippen LogP contribution in [0, 0.1) is 12.8 Å². The Morgan fingerprint density at radius 2 is 1.91 bits per heavy atom. The maximum atomic E-state index is 12.2. The van der Waals surface area contributed by atoms with E-state index < -0.39 is 0 Å². The number of guanidine groups is 1. The fraction of sp³-hybridized carbons (Fsp3) is 0.308. The highest BCUT2D eigenvalue weighted by molar-refractivity contribution is 14.0. The van der Waals surface area contributed by atoms with E-state index in [1.54, 1.807) is 19.2 Å². The number of hydrogen-bond acceptors (Lipinski definition) is 4. The summed E-state index contributed by atoms with van der Waals surface area (Å²) in [5, 5.41) is 9.53. The van der Waals surface area contributed by atoms with Crippen molar-refractivity contribution in [2.45, 2.75) is 32.9 Å². The van der Waals surface area contributed by atoms with Crippen molar-refractivity contribution >= 4 is 41.5 Å². The van der Waals surface area contributed by atoms with E-state index in [0.29, 0.717) is 30.7 Å². The van der Waals surface area contributed by atoms with Crippen molar-refractivity contribution in [2.24, 2.45) is 10.9 Å². The second kappa shape index (κ2) is 12.5. The van der Waals surface area contributed by atoms with Gasteiger partial charge >= 0.3 is 0 Å². The van der Waals surface area contributed by atoms with E-state index in [-0.39, 0.29) is 35.6 Å². The Hall–Kier alpha value is -3.01. The number of rotatable bonds is 9. The van der Waals surface area contributed by atoms with Gasteiger partial charge < -0.3 is 25.1 Å². The minimum Gasteiger partial charge on any atom is -0.493 e. The third-order valence-electron chi connectivity index (χ3n) is 5.45. The molecule has 1 saturated carbocycles. The van der Waals surface area contributed by atoms with Gasteiger partial charge in [0.05, 0.1) is 12.9 Å². The smallest absolute Gasteiger partial charge is 0.291 e. The van der Waals surface area contributed by atoms with E-state index in [1.165, 1.54) is 24.7 Å². The molecule has 3 N–H and O–H groups in total. The zero-order chi connectivity index (χ0) is 23.0. The Labute approximate surface area is 217 Å². The molecule has 0 saturated heterocycles. The number of nitrogens with one attached hydrogen (secondary N) is 3. The monoisotopic (exact) mass is 574 g/mol. The molecule has 1 aromatic heterocycles. The van der Waals surface area contributed by atoms with Crippen molar-refractivity contribution in [1.82, 2.24) is 10.6 Å². The lowest BCUT2D eigenvalue weighted by atomic mass is 10.1. The Kier molecular flexibility index (Phi) is 9.38. The van der Waals surface area contributed by atoms with Gasteiger partial charge in [0.1, 0.15) is 5.75 Å². The van der Waals surface area contributed by atoms with Crippen LogP contribution in [0.15, 0.2) is 70.3 Å². The number of amides is 1. The maximum absolute atomic E-state index is 12.2. The quantitative estimate of drug-likeness (QED) is 0.188. The highest BCUT2D eigenvalue weighted by atomic mass is 127. The van der Waals surface area contributed by atoms with Gasteiger partial charge in [0, 0.05) is 31.4 Å². The van der Waals surface area contributed by atoms with Gasteiger partial charge in [-0.05, 0) is 67.1 Å². The lowest BCUT2D eigenvalue weighted by Gasteiger charge is -2.16. The molecule has 0 aliphatic heterocycles. The van der Waals surface area contributed by atoms with Crippen LogP contribution >= 0.6 is 24.0 Å². The molecule has 1 heterocycles. The molecule has 1 aliphatic carbocycles. The number of carbonyl (C=O) groups is 1. The Balaban J connectivity index is 0.00000324. The summed E-state index contributed by atoms with van der Waals surface area (Å²) in [4.78, 5) is 16.5. The van der Waals surface area contributed by atoms with Gasteiger partial charge in [-0.2, -0.15) is 0 Å². The second-order valence-electron chi connectivity index (χ2n) is 8.28. The molecule has 0 bridgehead atoms. The van der Waals surface area contributed by atoms with Crippen LogP contribution in [0.2, 0.25) is 0 Å². The Morgan fingerprint density at radius 3 is 2.65 bits per heavy atom. The summed E-state index contributed by atoms with van der Waals surface area (Å²) in [5.41, 5.74) is 4.01. The second-order valence-corrected chi connectivity index (χ2v) is 8.28. The van der Waals surface area contributed by atoms with Crippen molar-refractivity contribution in [3.8, 4) is 5.75 Å². The van der Waals surface area contributed by atoms with E-state index in [4.69, 9.17) is 9.15 Å². The first-order valence-corrected chi connectivity index (χ1v) is 11.2. The largest absolute Gasteiger partial charge is 0.493 e. The fourth-order valence-corrected chi connectivity index (χ4v) is 3.38. The van der Waals surface area contributed by atoms with E-state index in [0.717, 1.165) is 23.5 Å². The average molecular weight is 574 g/mol. The Bertz CT molecular complexity index is 1110. The van der Waals surface area contributed by atoms with Crippen LogP contribution in [-0.2, 0) is 13.1 Å². The average Bonchev–Trinajstić information content (AvgIpc) is 3.48. The molecule has 1 amide bonds. The minimum absolute atomic E-state index is 0. The summed E-state index contributed by atoms with van der Waals surface area (Å²) in [6.07, 6.45) is 4.01. The number of anilines is 1. The van der Waals surface area contributed by atoms with Crippen molar-refractivity contribution in [3.63, 3.8) is 0 Å². The summed E-state index contributed by atoms with van der Waals surface area (Å²) in [7, 11) is 1.75. The molecular formula is C26H31IN4O3.